The average Bonchev–Trinajstić information content (AvgIpc) is 2.39. The van der Waals surface area contributed by atoms with Crippen molar-refractivity contribution < 1.29 is 4.79 Å². The van der Waals surface area contributed by atoms with Gasteiger partial charge in [0.2, 0.25) is 5.91 Å². The molecule has 0 radical (unpaired) electrons. The Labute approximate surface area is 69.2 Å². The lowest BCUT2D eigenvalue weighted by molar-refractivity contribution is -0.117. The molecule has 1 aromatic heterocycles. The van der Waals surface area contributed by atoms with Gasteiger partial charge in [0.25, 0.3) is 0 Å². The maximum absolute atomic E-state index is 11.0. The minimum atomic E-state index is -0.449. The lowest BCUT2D eigenvalue weighted by Gasteiger charge is -2.04. The molecule has 0 unspecified atom stereocenters. The van der Waals surface area contributed by atoms with Gasteiger partial charge in [-0.15, -0.1) is 0 Å². The Morgan fingerprint density at radius 2 is 2.55 bits per heavy atom. The van der Waals surface area contributed by atoms with Gasteiger partial charge in [0.1, 0.15) is 0 Å². The minimum absolute atomic E-state index is 0.150. The number of hydrogen-bond acceptors (Lipinski definition) is 3. The van der Waals surface area contributed by atoms with Crippen LogP contribution >= 0.6 is 11.3 Å². The number of hydrogen-bond donors (Lipinski definition) is 2. The number of carbonyl (C=O) groups excluding carboxylic acids is 1. The van der Waals surface area contributed by atoms with E-state index in [4.69, 9.17) is 5.73 Å². The van der Waals surface area contributed by atoms with Crippen LogP contribution in [0.4, 0.5) is 5.69 Å². The van der Waals surface area contributed by atoms with Crippen molar-refractivity contribution in [3.05, 3.63) is 16.8 Å². The zero-order valence-electron chi connectivity index (χ0n) is 6.20. The molecule has 0 saturated carbocycles. The smallest absolute Gasteiger partial charge is 0.241 e. The number of anilines is 1. The molecule has 0 aliphatic heterocycles. The molecular weight excluding hydrogens is 160 g/mol. The Hall–Kier alpha value is -0.870. The van der Waals surface area contributed by atoms with E-state index in [2.05, 4.69) is 5.32 Å². The molecule has 0 aromatic carbocycles. The van der Waals surface area contributed by atoms with E-state index in [-0.39, 0.29) is 5.91 Å². The van der Waals surface area contributed by atoms with E-state index >= 15 is 0 Å². The van der Waals surface area contributed by atoms with Crippen LogP contribution in [0.2, 0.25) is 0 Å². The molecule has 1 rings (SSSR count). The van der Waals surface area contributed by atoms with E-state index in [1.165, 1.54) is 11.3 Å². The van der Waals surface area contributed by atoms with Crippen molar-refractivity contribution in [2.24, 2.45) is 5.73 Å². The number of nitrogens with two attached hydrogens (primary N) is 1. The van der Waals surface area contributed by atoms with Gasteiger partial charge in [-0.1, -0.05) is 0 Å². The molecular formula is C7H10N2OS. The molecule has 0 spiro atoms. The Morgan fingerprint density at radius 3 is 3.00 bits per heavy atom. The molecule has 3 nitrogen and oxygen atoms in total. The summed E-state index contributed by atoms with van der Waals surface area (Å²) in [6, 6.07) is 1.39. The van der Waals surface area contributed by atoms with Gasteiger partial charge in [0, 0.05) is 5.38 Å². The summed E-state index contributed by atoms with van der Waals surface area (Å²) in [5, 5.41) is 6.43. The highest BCUT2D eigenvalue weighted by Gasteiger charge is 2.06. The third-order valence-corrected chi connectivity index (χ3v) is 1.89. The van der Waals surface area contributed by atoms with Crippen LogP contribution in [-0.4, -0.2) is 11.9 Å². The van der Waals surface area contributed by atoms with Crippen LogP contribution in [0.5, 0.6) is 0 Å². The van der Waals surface area contributed by atoms with Gasteiger partial charge in [-0.3, -0.25) is 4.79 Å². The molecule has 1 heterocycles. The van der Waals surface area contributed by atoms with E-state index in [0.29, 0.717) is 0 Å². The topological polar surface area (TPSA) is 55.1 Å². The van der Waals surface area contributed by atoms with Crippen molar-refractivity contribution in [2.45, 2.75) is 13.0 Å². The van der Waals surface area contributed by atoms with Crippen molar-refractivity contribution >= 4 is 22.9 Å². The van der Waals surface area contributed by atoms with E-state index in [0.717, 1.165) is 5.69 Å². The second-order valence-electron chi connectivity index (χ2n) is 2.29. The Bertz CT molecular complexity index is 231. The van der Waals surface area contributed by atoms with Gasteiger partial charge in [0.05, 0.1) is 11.7 Å². The van der Waals surface area contributed by atoms with Gasteiger partial charge in [-0.2, -0.15) is 11.3 Å². The van der Waals surface area contributed by atoms with Crippen LogP contribution in [0.1, 0.15) is 6.92 Å². The van der Waals surface area contributed by atoms with Crippen LogP contribution in [0.25, 0.3) is 0 Å². The maximum atomic E-state index is 11.0. The van der Waals surface area contributed by atoms with E-state index in [1.807, 2.05) is 16.8 Å². The first-order chi connectivity index (χ1) is 5.20. The SMILES string of the molecule is C[C@H](N)C(=O)Nc1ccsc1. The summed E-state index contributed by atoms with van der Waals surface area (Å²) < 4.78 is 0. The van der Waals surface area contributed by atoms with Crippen molar-refractivity contribution in [3.8, 4) is 0 Å². The lowest BCUT2D eigenvalue weighted by Crippen LogP contribution is -2.32. The number of nitrogens with one attached hydrogen (secondary N) is 1. The molecule has 60 valence electrons. The molecule has 3 N–H and O–H groups in total. The van der Waals surface area contributed by atoms with Gasteiger partial charge in [0.15, 0.2) is 0 Å². The highest BCUT2D eigenvalue weighted by molar-refractivity contribution is 7.08. The van der Waals surface area contributed by atoms with Gasteiger partial charge < -0.3 is 11.1 Å². The first-order valence-corrected chi connectivity index (χ1v) is 4.23. The summed E-state index contributed by atoms with van der Waals surface area (Å²) in [7, 11) is 0. The largest absolute Gasteiger partial charge is 0.324 e. The van der Waals surface area contributed by atoms with E-state index < -0.39 is 6.04 Å². The summed E-state index contributed by atoms with van der Waals surface area (Å²) in [5.74, 6) is -0.150. The monoisotopic (exact) mass is 170 g/mol. The van der Waals surface area contributed by atoms with Crippen LogP contribution < -0.4 is 11.1 Å². The molecule has 0 aliphatic carbocycles. The predicted molar refractivity (Wildman–Crippen MR) is 46.6 cm³/mol. The fourth-order valence-corrected chi connectivity index (χ4v) is 1.18. The van der Waals surface area contributed by atoms with Crippen LogP contribution in [0.3, 0.4) is 0 Å². The van der Waals surface area contributed by atoms with Gasteiger partial charge in [-0.05, 0) is 18.4 Å². The van der Waals surface area contributed by atoms with Crippen molar-refractivity contribution in [3.63, 3.8) is 0 Å². The Morgan fingerprint density at radius 1 is 1.82 bits per heavy atom. The Balaban J connectivity index is 2.50. The fraction of sp³-hybridized carbons (Fsp3) is 0.286. The van der Waals surface area contributed by atoms with Crippen molar-refractivity contribution in [2.75, 3.05) is 5.32 Å². The number of carbonyl (C=O) groups is 1. The fourth-order valence-electron chi connectivity index (χ4n) is 0.592. The summed E-state index contributed by atoms with van der Waals surface area (Å²) >= 11 is 1.54. The second-order valence-corrected chi connectivity index (χ2v) is 3.07. The zero-order valence-corrected chi connectivity index (χ0v) is 7.02. The number of rotatable bonds is 2. The average molecular weight is 170 g/mol. The molecule has 0 saturated heterocycles. The molecule has 0 fully saturated rings. The number of amides is 1. The van der Waals surface area contributed by atoms with Crippen LogP contribution in [0.15, 0.2) is 16.8 Å². The standard InChI is InChI=1S/C7H10N2OS/c1-5(8)7(10)9-6-2-3-11-4-6/h2-5H,8H2,1H3,(H,9,10)/t5-/m0/s1. The third-order valence-electron chi connectivity index (χ3n) is 1.20. The highest BCUT2D eigenvalue weighted by atomic mass is 32.1. The zero-order chi connectivity index (χ0) is 8.27. The summed E-state index contributed by atoms with van der Waals surface area (Å²) in [4.78, 5) is 11.0. The van der Waals surface area contributed by atoms with Crippen molar-refractivity contribution in [1.29, 1.82) is 0 Å². The first kappa shape index (κ1) is 8.23. The van der Waals surface area contributed by atoms with Gasteiger partial charge >= 0.3 is 0 Å². The molecule has 1 aromatic rings. The first-order valence-electron chi connectivity index (χ1n) is 3.29. The Kier molecular flexibility index (Phi) is 2.62. The maximum Gasteiger partial charge on any atom is 0.241 e. The van der Waals surface area contributed by atoms with Crippen LogP contribution in [-0.2, 0) is 4.79 Å². The summed E-state index contributed by atoms with van der Waals surface area (Å²) in [5.41, 5.74) is 6.16. The normalized spacial score (nSPS) is 12.5. The third kappa shape index (κ3) is 2.32. The number of thiophene rings is 1. The summed E-state index contributed by atoms with van der Waals surface area (Å²) in [6.45, 7) is 1.65. The second kappa shape index (κ2) is 3.50. The highest BCUT2D eigenvalue weighted by Crippen LogP contribution is 2.11. The van der Waals surface area contributed by atoms with E-state index in [1.54, 1.807) is 6.92 Å². The van der Waals surface area contributed by atoms with Crippen molar-refractivity contribution in [1.82, 2.24) is 0 Å². The van der Waals surface area contributed by atoms with E-state index in [9.17, 15) is 4.79 Å². The van der Waals surface area contributed by atoms with Gasteiger partial charge in [-0.25, -0.2) is 0 Å². The molecule has 0 bridgehead atoms. The minimum Gasteiger partial charge on any atom is -0.324 e. The summed E-state index contributed by atoms with van der Waals surface area (Å²) in [6.07, 6.45) is 0. The molecule has 11 heavy (non-hydrogen) atoms. The molecule has 0 aliphatic rings. The lowest BCUT2D eigenvalue weighted by atomic mass is 10.3. The predicted octanol–water partition coefficient (Wildman–Crippen LogP) is 1.03. The molecule has 1 atom stereocenters. The van der Waals surface area contributed by atoms with Crippen LogP contribution in [0, 0.1) is 0 Å². The quantitative estimate of drug-likeness (QED) is 0.696. The molecule has 1 amide bonds. The molecule has 4 heteroatoms.